The van der Waals surface area contributed by atoms with Gasteiger partial charge in [0.2, 0.25) is 0 Å². The van der Waals surface area contributed by atoms with E-state index in [2.05, 4.69) is 42.8 Å². The third kappa shape index (κ3) is 3.28. The number of allylic oxidation sites excluding steroid dienone is 6. The zero-order chi connectivity index (χ0) is 11.3. The van der Waals surface area contributed by atoms with Gasteiger partial charge in [-0.25, -0.2) is 0 Å². The van der Waals surface area contributed by atoms with Crippen LogP contribution in [0.2, 0.25) is 0 Å². The van der Waals surface area contributed by atoms with Gasteiger partial charge >= 0.3 is 0 Å². The fourth-order valence-corrected chi connectivity index (χ4v) is 1.65. The zero-order valence-corrected chi connectivity index (χ0v) is 9.64. The highest BCUT2D eigenvalue weighted by Crippen LogP contribution is 2.22. The van der Waals surface area contributed by atoms with Gasteiger partial charge in [0.05, 0.1) is 0 Å². The Morgan fingerprint density at radius 3 is 2.60 bits per heavy atom. The van der Waals surface area contributed by atoms with Gasteiger partial charge in [-0.15, -0.1) is 0 Å². The standard InChI is InChI=1S/C14H19N/c1-5-14(12(4)15-11(2)3)13-9-7-6-8-10-13/h5,7,9-10,15H,2,4,6,8H2,1,3H3/b14-5+. The molecule has 1 nitrogen and oxygen atoms in total. The van der Waals surface area contributed by atoms with E-state index in [-0.39, 0.29) is 0 Å². The Bertz CT molecular complexity index is 354. The molecule has 0 atom stereocenters. The summed E-state index contributed by atoms with van der Waals surface area (Å²) in [4.78, 5) is 0. The van der Waals surface area contributed by atoms with E-state index in [9.17, 15) is 0 Å². The Kier molecular flexibility index (Phi) is 4.17. The summed E-state index contributed by atoms with van der Waals surface area (Å²) in [6.07, 6.45) is 10.9. The van der Waals surface area contributed by atoms with Gasteiger partial charge < -0.3 is 5.32 Å². The molecule has 0 bridgehead atoms. The van der Waals surface area contributed by atoms with Crippen LogP contribution in [0.1, 0.15) is 26.7 Å². The van der Waals surface area contributed by atoms with Crippen LogP contribution in [0.4, 0.5) is 0 Å². The van der Waals surface area contributed by atoms with Gasteiger partial charge in [0.25, 0.3) is 0 Å². The smallest absolute Gasteiger partial charge is 0.0384 e. The Labute approximate surface area is 92.6 Å². The molecule has 0 spiro atoms. The minimum atomic E-state index is 0.916. The number of nitrogens with one attached hydrogen (secondary N) is 1. The number of hydrogen-bond acceptors (Lipinski definition) is 1. The van der Waals surface area contributed by atoms with E-state index in [0.717, 1.165) is 29.8 Å². The summed E-state index contributed by atoms with van der Waals surface area (Å²) >= 11 is 0. The number of hydrogen-bond donors (Lipinski definition) is 1. The summed E-state index contributed by atoms with van der Waals surface area (Å²) in [5.74, 6) is 0. The number of rotatable bonds is 4. The van der Waals surface area contributed by atoms with Crippen molar-refractivity contribution in [2.75, 3.05) is 0 Å². The molecular weight excluding hydrogens is 182 g/mol. The van der Waals surface area contributed by atoms with Crippen molar-refractivity contribution in [3.8, 4) is 0 Å². The molecule has 0 amide bonds. The van der Waals surface area contributed by atoms with E-state index < -0.39 is 0 Å². The van der Waals surface area contributed by atoms with Crippen LogP contribution in [-0.2, 0) is 0 Å². The first kappa shape index (κ1) is 11.6. The van der Waals surface area contributed by atoms with Crippen molar-refractivity contribution in [2.24, 2.45) is 0 Å². The summed E-state index contributed by atoms with van der Waals surface area (Å²) in [6, 6.07) is 0. The van der Waals surface area contributed by atoms with Crippen molar-refractivity contribution in [3.05, 3.63) is 60.0 Å². The lowest BCUT2D eigenvalue weighted by molar-refractivity contribution is 0.977. The molecule has 0 radical (unpaired) electrons. The monoisotopic (exact) mass is 201 g/mol. The third-order valence-corrected chi connectivity index (χ3v) is 2.28. The highest BCUT2D eigenvalue weighted by Gasteiger charge is 2.07. The Morgan fingerprint density at radius 2 is 2.13 bits per heavy atom. The van der Waals surface area contributed by atoms with Crippen LogP contribution >= 0.6 is 0 Å². The van der Waals surface area contributed by atoms with Crippen LogP contribution in [0.15, 0.2) is 60.0 Å². The molecule has 80 valence electrons. The van der Waals surface area contributed by atoms with E-state index >= 15 is 0 Å². The highest BCUT2D eigenvalue weighted by molar-refractivity contribution is 5.51. The van der Waals surface area contributed by atoms with E-state index in [1.54, 1.807) is 0 Å². The first-order chi connectivity index (χ1) is 7.15. The molecule has 0 heterocycles. The van der Waals surface area contributed by atoms with Crippen molar-refractivity contribution < 1.29 is 0 Å². The average molecular weight is 201 g/mol. The molecule has 1 aliphatic rings. The Hall–Kier alpha value is -1.50. The maximum Gasteiger partial charge on any atom is 0.0384 e. The molecule has 0 saturated carbocycles. The lowest BCUT2D eigenvalue weighted by atomic mass is 9.97. The molecule has 1 heteroatoms. The molecule has 1 aliphatic carbocycles. The molecule has 15 heavy (non-hydrogen) atoms. The van der Waals surface area contributed by atoms with Crippen LogP contribution in [0.3, 0.4) is 0 Å². The molecule has 0 aromatic heterocycles. The lowest BCUT2D eigenvalue weighted by Crippen LogP contribution is -2.11. The normalized spacial score (nSPS) is 15.9. The van der Waals surface area contributed by atoms with Crippen LogP contribution in [0.25, 0.3) is 0 Å². The van der Waals surface area contributed by atoms with E-state index in [1.165, 1.54) is 5.57 Å². The molecule has 0 fully saturated rings. The molecule has 0 aliphatic heterocycles. The van der Waals surface area contributed by atoms with Crippen LogP contribution in [-0.4, -0.2) is 0 Å². The van der Waals surface area contributed by atoms with Crippen molar-refractivity contribution in [3.63, 3.8) is 0 Å². The second-order valence-corrected chi connectivity index (χ2v) is 3.73. The zero-order valence-electron chi connectivity index (χ0n) is 9.64. The quantitative estimate of drug-likeness (QED) is 0.681. The van der Waals surface area contributed by atoms with Gasteiger partial charge in [-0.1, -0.05) is 37.5 Å². The van der Waals surface area contributed by atoms with Crippen molar-refractivity contribution in [1.82, 2.24) is 5.32 Å². The van der Waals surface area contributed by atoms with Crippen molar-refractivity contribution in [1.29, 1.82) is 0 Å². The highest BCUT2D eigenvalue weighted by atomic mass is 14.9. The maximum absolute atomic E-state index is 4.03. The van der Waals surface area contributed by atoms with Crippen molar-refractivity contribution in [2.45, 2.75) is 26.7 Å². The second-order valence-electron chi connectivity index (χ2n) is 3.73. The van der Waals surface area contributed by atoms with Crippen LogP contribution in [0, 0.1) is 0 Å². The SMILES string of the molecule is C=C(C)NC(=C)/C(=C\C)C1=CCCC=C1. The van der Waals surface area contributed by atoms with E-state index in [4.69, 9.17) is 0 Å². The van der Waals surface area contributed by atoms with E-state index in [1.807, 2.05) is 13.8 Å². The average Bonchev–Trinajstić information content (AvgIpc) is 2.19. The van der Waals surface area contributed by atoms with Crippen LogP contribution < -0.4 is 5.32 Å². The minimum Gasteiger partial charge on any atom is -0.360 e. The van der Waals surface area contributed by atoms with Gasteiger partial charge in [-0.05, 0) is 37.8 Å². The van der Waals surface area contributed by atoms with Crippen LogP contribution in [0.5, 0.6) is 0 Å². The van der Waals surface area contributed by atoms with Gasteiger partial charge in [-0.2, -0.15) is 0 Å². The molecule has 0 aromatic carbocycles. The fourth-order valence-electron chi connectivity index (χ4n) is 1.65. The summed E-state index contributed by atoms with van der Waals surface area (Å²) in [6.45, 7) is 11.8. The summed E-state index contributed by atoms with van der Waals surface area (Å²) in [5, 5.41) is 3.16. The topological polar surface area (TPSA) is 12.0 Å². The fraction of sp³-hybridized carbons (Fsp3) is 0.286. The van der Waals surface area contributed by atoms with E-state index in [0.29, 0.717) is 0 Å². The largest absolute Gasteiger partial charge is 0.360 e. The Morgan fingerprint density at radius 1 is 1.40 bits per heavy atom. The maximum atomic E-state index is 4.03. The van der Waals surface area contributed by atoms with Gasteiger partial charge in [0, 0.05) is 11.4 Å². The van der Waals surface area contributed by atoms with Gasteiger partial charge in [-0.3, -0.25) is 0 Å². The van der Waals surface area contributed by atoms with Gasteiger partial charge in [0.15, 0.2) is 0 Å². The molecule has 0 aromatic rings. The summed E-state index contributed by atoms with van der Waals surface area (Å²) in [7, 11) is 0. The minimum absolute atomic E-state index is 0.916. The molecular formula is C14H19N. The molecule has 1 rings (SSSR count). The molecule has 0 saturated heterocycles. The van der Waals surface area contributed by atoms with Crippen molar-refractivity contribution >= 4 is 0 Å². The molecule has 0 unspecified atom stereocenters. The Balaban J connectivity index is 2.80. The van der Waals surface area contributed by atoms with Gasteiger partial charge in [0.1, 0.15) is 0 Å². The predicted molar refractivity (Wildman–Crippen MR) is 67.3 cm³/mol. The molecule has 1 N–H and O–H groups in total. The predicted octanol–water partition coefficient (Wildman–Crippen LogP) is 3.85. The first-order valence-corrected chi connectivity index (χ1v) is 5.30. The first-order valence-electron chi connectivity index (χ1n) is 5.30. The summed E-state index contributed by atoms with van der Waals surface area (Å²) < 4.78 is 0. The summed E-state index contributed by atoms with van der Waals surface area (Å²) in [5.41, 5.74) is 4.25. The second kappa shape index (κ2) is 5.40. The lowest BCUT2D eigenvalue weighted by Gasteiger charge is -2.15. The third-order valence-electron chi connectivity index (χ3n) is 2.28.